The summed E-state index contributed by atoms with van der Waals surface area (Å²) >= 11 is 0. The van der Waals surface area contributed by atoms with Crippen molar-refractivity contribution in [1.82, 2.24) is 4.98 Å². The van der Waals surface area contributed by atoms with E-state index >= 15 is 0 Å². The maximum Gasteiger partial charge on any atom is 0.342 e. The zero-order valence-corrected chi connectivity index (χ0v) is 17.4. The summed E-state index contributed by atoms with van der Waals surface area (Å²) in [6, 6.07) is 4.64. The van der Waals surface area contributed by atoms with Gasteiger partial charge in [0.2, 0.25) is 5.78 Å². The third-order valence-electron chi connectivity index (χ3n) is 4.45. The second kappa shape index (κ2) is 9.27. The summed E-state index contributed by atoms with van der Waals surface area (Å²) in [5.41, 5.74) is 1.65. The van der Waals surface area contributed by atoms with Crippen LogP contribution >= 0.6 is 0 Å². The Morgan fingerprint density at radius 1 is 1.07 bits per heavy atom. The minimum Gasteiger partial charge on any atom is -0.497 e. The molecule has 0 radical (unpaired) electrons. The van der Waals surface area contributed by atoms with Crippen LogP contribution < -0.4 is 9.47 Å². The molecular weight excluding hydrogens is 378 g/mol. The van der Waals surface area contributed by atoms with E-state index in [1.807, 2.05) is 0 Å². The molecule has 0 bridgehead atoms. The number of esters is 2. The number of benzene rings is 1. The Bertz CT molecular complexity index is 929. The Labute approximate surface area is 169 Å². The van der Waals surface area contributed by atoms with Gasteiger partial charge in [0.25, 0.3) is 0 Å². The molecule has 0 aliphatic carbocycles. The molecule has 1 N–H and O–H groups in total. The smallest absolute Gasteiger partial charge is 0.342 e. The summed E-state index contributed by atoms with van der Waals surface area (Å²) in [6.07, 6.45) is -1.08. The van der Waals surface area contributed by atoms with Crippen LogP contribution in [-0.4, -0.2) is 49.6 Å². The molecule has 0 fully saturated rings. The van der Waals surface area contributed by atoms with Crippen LogP contribution in [0.1, 0.15) is 56.3 Å². The third kappa shape index (κ3) is 4.59. The topological polar surface area (TPSA) is 104 Å². The molecule has 0 spiro atoms. The summed E-state index contributed by atoms with van der Waals surface area (Å²) in [5, 5.41) is 0. The molecule has 156 valence electrons. The van der Waals surface area contributed by atoms with E-state index in [1.165, 1.54) is 27.2 Å². The lowest BCUT2D eigenvalue weighted by molar-refractivity contribution is 0.0313. The maximum atomic E-state index is 12.8. The summed E-state index contributed by atoms with van der Waals surface area (Å²) in [7, 11) is 2.92. The van der Waals surface area contributed by atoms with Crippen molar-refractivity contribution in [2.75, 3.05) is 20.8 Å². The van der Waals surface area contributed by atoms with Crippen LogP contribution in [0.4, 0.5) is 0 Å². The number of hydrogen-bond donors (Lipinski definition) is 1. The van der Waals surface area contributed by atoms with E-state index in [0.29, 0.717) is 22.6 Å². The fraction of sp³-hybridized carbons (Fsp3) is 0.381. The molecule has 1 heterocycles. The molecule has 0 unspecified atom stereocenters. The van der Waals surface area contributed by atoms with Gasteiger partial charge in [-0.25, -0.2) is 9.59 Å². The first kappa shape index (κ1) is 22.0. The number of aromatic amines is 1. The van der Waals surface area contributed by atoms with Crippen molar-refractivity contribution < 1.29 is 33.3 Å². The molecule has 1 atom stereocenters. The number of aryl methyl sites for hydroxylation is 1. The van der Waals surface area contributed by atoms with Crippen molar-refractivity contribution in [3.8, 4) is 11.5 Å². The fourth-order valence-corrected chi connectivity index (χ4v) is 2.95. The fourth-order valence-electron chi connectivity index (χ4n) is 2.95. The van der Waals surface area contributed by atoms with Crippen LogP contribution in [0.2, 0.25) is 0 Å². The quantitative estimate of drug-likeness (QED) is 0.533. The molecule has 0 saturated carbocycles. The molecule has 1 aromatic carbocycles. The predicted molar refractivity (Wildman–Crippen MR) is 105 cm³/mol. The lowest BCUT2D eigenvalue weighted by atomic mass is 10.1. The molecule has 0 aliphatic rings. The van der Waals surface area contributed by atoms with Crippen LogP contribution in [0.3, 0.4) is 0 Å². The summed E-state index contributed by atoms with van der Waals surface area (Å²) in [4.78, 5) is 40.4. The highest BCUT2D eigenvalue weighted by atomic mass is 16.5. The van der Waals surface area contributed by atoms with E-state index in [-0.39, 0.29) is 23.6 Å². The van der Waals surface area contributed by atoms with Gasteiger partial charge in [-0.15, -0.1) is 0 Å². The first-order valence-corrected chi connectivity index (χ1v) is 9.08. The molecule has 8 nitrogen and oxygen atoms in total. The number of carbonyl (C=O) groups is 3. The van der Waals surface area contributed by atoms with Gasteiger partial charge in [-0.2, -0.15) is 0 Å². The van der Waals surface area contributed by atoms with E-state index < -0.39 is 23.8 Å². The zero-order valence-electron chi connectivity index (χ0n) is 17.4. The third-order valence-corrected chi connectivity index (χ3v) is 4.45. The lowest BCUT2D eigenvalue weighted by Crippen LogP contribution is -2.25. The number of H-pyrrole nitrogens is 1. The minimum atomic E-state index is -1.08. The van der Waals surface area contributed by atoms with Crippen molar-refractivity contribution in [2.24, 2.45) is 0 Å². The van der Waals surface area contributed by atoms with E-state index in [9.17, 15) is 14.4 Å². The van der Waals surface area contributed by atoms with Gasteiger partial charge in [-0.1, -0.05) is 0 Å². The van der Waals surface area contributed by atoms with E-state index in [0.717, 1.165) is 0 Å². The highest BCUT2D eigenvalue weighted by molar-refractivity contribution is 6.04. The second-order valence-electron chi connectivity index (χ2n) is 6.32. The molecule has 29 heavy (non-hydrogen) atoms. The van der Waals surface area contributed by atoms with Gasteiger partial charge in [0.1, 0.15) is 17.1 Å². The largest absolute Gasteiger partial charge is 0.497 e. The van der Waals surface area contributed by atoms with Crippen molar-refractivity contribution >= 4 is 17.7 Å². The van der Waals surface area contributed by atoms with Gasteiger partial charge < -0.3 is 23.9 Å². The summed E-state index contributed by atoms with van der Waals surface area (Å²) < 4.78 is 20.7. The van der Waals surface area contributed by atoms with E-state index in [1.54, 1.807) is 32.9 Å². The molecule has 1 aromatic heterocycles. The van der Waals surface area contributed by atoms with Crippen molar-refractivity contribution in [3.63, 3.8) is 0 Å². The zero-order chi connectivity index (χ0) is 21.7. The minimum absolute atomic E-state index is 0.166. The van der Waals surface area contributed by atoms with Crippen LogP contribution in [0.25, 0.3) is 0 Å². The number of ether oxygens (including phenoxy) is 4. The van der Waals surface area contributed by atoms with Crippen molar-refractivity contribution in [3.05, 3.63) is 46.3 Å². The monoisotopic (exact) mass is 403 g/mol. The highest BCUT2D eigenvalue weighted by Gasteiger charge is 2.28. The van der Waals surface area contributed by atoms with Crippen molar-refractivity contribution in [2.45, 2.75) is 33.8 Å². The van der Waals surface area contributed by atoms with E-state index in [4.69, 9.17) is 18.9 Å². The van der Waals surface area contributed by atoms with Crippen LogP contribution in [0.15, 0.2) is 18.2 Å². The summed E-state index contributed by atoms with van der Waals surface area (Å²) in [5.74, 6) is -0.888. The van der Waals surface area contributed by atoms with Gasteiger partial charge in [-0.05, 0) is 45.4 Å². The number of aromatic nitrogens is 1. The number of ketones is 1. The first-order valence-electron chi connectivity index (χ1n) is 9.08. The van der Waals surface area contributed by atoms with Crippen LogP contribution in [0.5, 0.6) is 11.5 Å². The van der Waals surface area contributed by atoms with Crippen LogP contribution in [-0.2, 0) is 9.47 Å². The van der Waals surface area contributed by atoms with E-state index in [2.05, 4.69) is 4.98 Å². The molecule has 8 heteroatoms. The standard InChI is InChI=1S/C21H25NO7/c1-7-28-21(25)17-11(2)18(22-12(17)3)19(23)13(4)29-20(24)15-9-8-14(26-5)10-16(15)27-6/h8-10,13,22H,7H2,1-6H3/t13-/m0/s1. The molecule has 2 aromatic rings. The second-order valence-corrected chi connectivity index (χ2v) is 6.32. The molecule has 0 amide bonds. The number of Topliss-reactive ketones (excluding diaryl/α,β-unsaturated/α-hetero) is 1. The average Bonchev–Trinajstić information content (AvgIpc) is 3.00. The highest BCUT2D eigenvalue weighted by Crippen LogP contribution is 2.26. The number of nitrogens with one attached hydrogen (secondary N) is 1. The van der Waals surface area contributed by atoms with Gasteiger partial charge in [0, 0.05) is 11.8 Å². The first-order chi connectivity index (χ1) is 13.7. The SMILES string of the molecule is CCOC(=O)c1c(C)[nH]c(C(=O)[C@H](C)OC(=O)c2ccc(OC)cc2OC)c1C. The lowest BCUT2D eigenvalue weighted by Gasteiger charge is -2.14. The molecule has 0 saturated heterocycles. The summed E-state index contributed by atoms with van der Waals surface area (Å²) in [6.45, 7) is 6.72. The van der Waals surface area contributed by atoms with Gasteiger partial charge in [0.05, 0.1) is 32.1 Å². The Morgan fingerprint density at radius 2 is 1.76 bits per heavy atom. The molecule has 0 aliphatic heterocycles. The Hall–Kier alpha value is -3.29. The molecular formula is C21H25NO7. The average molecular weight is 403 g/mol. The van der Waals surface area contributed by atoms with Gasteiger partial charge in [0.15, 0.2) is 6.10 Å². The normalized spacial score (nSPS) is 11.5. The Morgan fingerprint density at radius 3 is 2.34 bits per heavy atom. The van der Waals surface area contributed by atoms with Crippen LogP contribution in [0, 0.1) is 13.8 Å². The van der Waals surface area contributed by atoms with Gasteiger partial charge >= 0.3 is 11.9 Å². The Kier molecular flexibility index (Phi) is 7.03. The number of rotatable bonds is 8. The Balaban J connectivity index is 2.23. The molecule has 2 rings (SSSR count). The number of hydrogen-bond acceptors (Lipinski definition) is 7. The van der Waals surface area contributed by atoms with Gasteiger partial charge in [-0.3, -0.25) is 4.79 Å². The number of methoxy groups -OCH3 is 2. The van der Waals surface area contributed by atoms with Crippen molar-refractivity contribution in [1.29, 1.82) is 0 Å². The maximum absolute atomic E-state index is 12.8. The number of carbonyl (C=O) groups excluding carboxylic acids is 3. The predicted octanol–water partition coefficient (Wildman–Crippen LogP) is 3.25.